The van der Waals surface area contributed by atoms with Gasteiger partial charge in [-0.2, -0.15) is 0 Å². The van der Waals surface area contributed by atoms with Crippen molar-refractivity contribution < 1.29 is 39.4 Å². The van der Waals surface area contributed by atoms with E-state index in [2.05, 4.69) is 36.0 Å². The monoisotopic (exact) mass is 654 g/mol. The molecule has 2 saturated heterocycles. The molecule has 4 bridgehead atoms. The van der Waals surface area contributed by atoms with Gasteiger partial charge in [0.05, 0.1) is 13.2 Å². The van der Waals surface area contributed by atoms with Gasteiger partial charge in [0, 0.05) is 63.4 Å². The molecule has 10 atom stereocenters. The van der Waals surface area contributed by atoms with Gasteiger partial charge in [0.25, 0.3) is 0 Å². The number of hydrogen-bond donors (Lipinski definition) is 4. The minimum atomic E-state index is -0.775. The number of phenols is 1. The van der Waals surface area contributed by atoms with Crippen LogP contribution in [0.4, 0.5) is 0 Å². The third-order valence-corrected chi connectivity index (χ3v) is 14.4. The number of piperidine rings is 2. The summed E-state index contributed by atoms with van der Waals surface area (Å²) in [6.07, 6.45) is 9.39. The summed E-state index contributed by atoms with van der Waals surface area (Å²) in [7, 11) is 4.36. The maximum Gasteiger partial charge on any atom is 0.189 e. The Labute approximate surface area is 279 Å². The van der Waals surface area contributed by atoms with Crippen molar-refractivity contribution in [3.63, 3.8) is 0 Å². The fourth-order valence-electron chi connectivity index (χ4n) is 12.3. The molecule has 5 heterocycles. The molecule has 0 unspecified atom stereocenters. The summed E-state index contributed by atoms with van der Waals surface area (Å²) in [6.45, 7) is 2.05. The molecule has 10 heteroatoms. The number of nitrogens with zero attached hydrogens (tertiary/aromatic N) is 2. The fraction of sp³-hybridized carbons (Fsp3) is 0.579. The first kappa shape index (κ1) is 28.7. The van der Waals surface area contributed by atoms with Gasteiger partial charge in [0.1, 0.15) is 24.4 Å². The van der Waals surface area contributed by atoms with Crippen LogP contribution in [0.15, 0.2) is 24.3 Å². The van der Waals surface area contributed by atoms with Gasteiger partial charge in [-0.15, -0.1) is 0 Å². The Morgan fingerprint density at radius 1 is 0.750 bits per heavy atom. The smallest absolute Gasteiger partial charge is 0.189 e. The molecule has 2 aromatic rings. The van der Waals surface area contributed by atoms with Crippen LogP contribution in [0.2, 0.25) is 0 Å². The standard InChI is InChI=1S/C38H42N2O8/c1-39-10-8-38-24-4-6-28(43)36(38)48-34-30(38)18(12-25(24)39)17(22-15-45-16-46-32(22)34)11-20-21(14-41)19-13-26-23-3-5-27(42)35-37(23,7-9-40(26)2)29(19)33(47-35)31(20)44/h3-6,23-28,35-36,41-44H,7-16H2,1-2H3/t23-,24-,25-,26+,27-,28-,35-,36-,37-,38-/m0/s1. The summed E-state index contributed by atoms with van der Waals surface area (Å²) in [6, 6.07) is 0.434. The average molecular weight is 655 g/mol. The highest BCUT2D eigenvalue weighted by Crippen LogP contribution is 2.66. The molecule has 4 aliphatic carbocycles. The molecule has 0 saturated carbocycles. The number of phenolic OH excluding ortho intramolecular Hbond substituents is 1. The van der Waals surface area contributed by atoms with Gasteiger partial charge >= 0.3 is 0 Å². The predicted molar refractivity (Wildman–Crippen MR) is 173 cm³/mol. The van der Waals surface area contributed by atoms with Crippen molar-refractivity contribution in [3.05, 3.63) is 68.8 Å². The lowest BCUT2D eigenvalue weighted by Gasteiger charge is -2.57. The Kier molecular flexibility index (Phi) is 5.59. The number of likely N-dealkylation sites (tertiary alicyclic amines) is 2. The zero-order valence-electron chi connectivity index (χ0n) is 27.3. The van der Waals surface area contributed by atoms with Crippen LogP contribution in [0.3, 0.4) is 0 Å². The second-order valence-electron chi connectivity index (χ2n) is 15.9. The van der Waals surface area contributed by atoms with E-state index in [1.807, 2.05) is 12.2 Å². The van der Waals surface area contributed by atoms with Crippen LogP contribution in [0, 0.1) is 11.8 Å². The van der Waals surface area contributed by atoms with E-state index in [4.69, 9.17) is 18.9 Å². The SMILES string of the molecule is CN1CC[C@]23c4c5c(CO)c(Cc6c7c(c8c9c6C[C@H]6[C@@H]%10C=C[C@H](O)[C@H](O8)[C@]9%10CCN6C)OCOC7)c(O)c4O[C@H]2[C@@H](O)C=C[C@H]3[C@H]1C5. The van der Waals surface area contributed by atoms with E-state index in [0.29, 0.717) is 30.1 Å². The van der Waals surface area contributed by atoms with Gasteiger partial charge in [-0.1, -0.05) is 24.3 Å². The molecule has 0 amide bonds. The molecule has 48 heavy (non-hydrogen) atoms. The number of hydrogen-bond acceptors (Lipinski definition) is 10. The Hall–Kier alpha value is -3.12. The normalized spacial score (nSPS) is 40.4. The van der Waals surface area contributed by atoms with Gasteiger partial charge in [-0.3, -0.25) is 0 Å². The molecule has 9 aliphatic rings. The van der Waals surface area contributed by atoms with E-state index in [0.717, 1.165) is 77.9 Å². The van der Waals surface area contributed by atoms with Crippen molar-refractivity contribution in [1.82, 2.24) is 9.80 Å². The highest BCUT2D eigenvalue weighted by Gasteiger charge is 2.66. The van der Waals surface area contributed by atoms with Crippen molar-refractivity contribution in [2.24, 2.45) is 11.8 Å². The summed E-state index contributed by atoms with van der Waals surface area (Å²) < 4.78 is 25.6. The average Bonchev–Trinajstić information content (AvgIpc) is 3.63. The number of aliphatic hydroxyl groups is 3. The lowest BCUT2D eigenvalue weighted by molar-refractivity contribution is -0.0471. The predicted octanol–water partition coefficient (Wildman–Crippen LogP) is 1.95. The molecule has 252 valence electrons. The van der Waals surface area contributed by atoms with E-state index in [-0.39, 0.29) is 48.5 Å². The second kappa shape index (κ2) is 9.35. The Bertz CT molecular complexity index is 1870. The van der Waals surface area contributed by atoms with E-state index in [1.165, 1.54) is 5.56 Å². The zero-order valence-corrected chi connectivity index (χ0v) is 27.3. The highest BCUT2D eigenvalue weighted by atomic mass is 16.7. The topological polar surface area (TPSA) is 124 Å². The van der Waals surface area contributed by atoms with Crippen molar-refractivity contribution in [2.45, 2.75) is 92.6 Å². The molecule has 2 fully saturated rings. The molecule has 5 aliphatic heterocycles. The summed E-state index contributed by atoms with van der Waals surface area (Å²) in [5.74, 6) is 2.35. The minimum Gasteiger partial charge on any atom is -0.504 e. The summed E-state index contributed by atoms with van der Waals surface area (Å²) in [5.41, 5.74) is 7.00. The number of aliphatic hydroxyl groups excluding tert-OH is 3. The molecular weight excluding hydrogens is 612 g/mol. The van der Waals surface area contributed by atoms with Crippen LogP contribution in [0.1, 0.15) is 57.3 Å². The van der Waals surface area contributed by atoms with Crippen LogP contribution < -0.4 is 14.2 Å². The lowest BCUT2D eigenvalue weighted by atomic mass is 9.52. The van der Waals surface area contributed by atoms with Crippen LogP contribution in [-0.4, -0.2) is 101 Å². The van der Waals surface area contributed by atoms with E-state index >= 15 is 0 Å². The molecule has 2 aromatic carbocycles. The maximum absolute atomic E-state index is 12.3. The molecule has 11 rings (SSSR count). The van der Waals surface area contributed by atoms with E-state index in [1.54, 1.807) is 0 Å². The number of aromatic hydroxyl groups is 1. The number of likely N-dealkylation sites (N-methyl/N-ethyl adjacent to an activating group) is 2. The zero-order chi connectivity index (χ0) is 32.4. The van der Waals surface area contributed by atoms with E-state index in [9.17, 15) is 20.4 Å². The van der Waals surface area contributed by atoms with Crippen molar-refractivity contribution in [2.75, 3.05) is 34.0 Å². The summed E-state index contributed by atoms with van der Waals surface area (Å²) in [5, 5.41) is 46.1. The van der Waals surface area contributed by atoms with Gasteiger partial charge in [0.2, 0.25) is 0 Å². The molecular formula is C38H42N2O8. The number of ether oxygens (including phenoxy) is 4. The van der Waals surface area contributed by atoms with Crippen molar-refractivity contribution >= 4 is 0 Å². The summed E-state index contributed by atoms with van der Waals surface area (Å²) in [4.78, 5) is 4.86. The van der Waals surface area contributed by atoms with Gasteiger partial charge in [-0.25, -0.2) is 0 Å². The molecule has 0 aromatic heterocycles. The number of benzene rings is 2. The maximum atomic E-state index is 12.3. The molecule has 10 nitrogen and oxygen atoms in total. The number of rotatable bonds is 3. The largest absolute Gasteiger partial charge is 0.504 e. The minimum absolute atomic E-state index is 0.0679. The van der Waals surface area contributed by atoms with Gasteiger partial charge < -0.3 is 49.2 Å². The molecule has 0 radical (unpaired) electrons. The van der Waals surface area contributed by atoms with Crippen molar-refractivity contribution in [3.8, 4) is 23.0 Å². The van der Waals surface area contributed by atoms with Gasteiger partial charge in [0.15, 0.2) is 29.8 Å². The first-order valence-corrected chi connectivity index (χ1v) is 17.7. The Morgan fingerprint density at radius 2 is 1.33 bits per heavy atom. The highest BCUT2D eigenvalue weighted by molar-refractivity contribution is 5.72. The lowest BCUT2D eigenvalue weighted by Crippen LogP contribution is -2.65. The quantitative estimate of drug-likeness (QED) is 0.366. The van der Waals surface area contributed by atoms with Crippen LogP contribution in [-0.2, 0) is 48.0 Å². The van der Waals surface area contributed by atoms with Crippen LogP contribution in [0.5, 0.6) is 23.0 Å². The van der Waals surface area contributed by atoms with Crippen LogP contribution in [0.25, 0.3) is 0 Å². The number of fused-ring (bicyclic) bond motifs is 2. The molecule has 4 N–H and O–H groups in total. The molecule has 2 spiro atoms. The third kappa shape index (κ3) is 3.10. The summed E-state index contributed by atoms with van der Waals surface area (Å²) >= 11 is 0. The van der Waals surface area contributed by atoms with Crippen molar-refractivity contribution in [1.29, 1.82) is 0 Å². The third-order valence-electron chi connectivity index (χ3n) is 14.4. The Morgan fingerprint density at radius 3 is 1.96 bits per heavy atom. The van der Waals surface area contributed by atoms with Gasteiger partial charge in [-0.05, 0) is 75.1 Å². The van der Waals surface area contributed by atoms with E-state index < -0.39 is 29.8 Å². The van der Waals surface area contributed by atoms with Crippen LogP contribution >= 0.6 is 0 Å². The fourth-order valence-corrected chi connectivity index (χ4v) is 12.3. The second-order valence-corrected chi connectivity index (χ2v) is 15.9. The first-order chi connectivity index (χ1) is 23.3. The Balaban J connectivity index is 1.15. The first-order valence-electron chi connectivity index (χ1n) is 17.7.